The molecule has 0 aliphatic carbocycles. The Labute approximate surface area is 183 Å². The number of carbonyl (C=O) groups is 3. The molecule has 160 valence electrons. The third-order valence-electron chi connectivity index (χ3n) is 4.76. The summed E-state index contributed by atoms with van der Waals surface area (Å²) in [5, 5.41) is 6.49. The Morgan fingerprint density at radius 3 is 2.50 bits per heavy atom. The summed E-state index contributed by atoms with van der Waals surface area (Å²) in [7, 11) is 0. The van der Waals surface area contributed by atoms with Gasteiger partial charge in [0.05, 0.1) is 10.9 Å². The van der Waals surface area contributed by atoms with E-state index in [2.05, 4.69) is 25.6 Å². The number of ketones is 1. The topological polar surface area (TPSA) is 143 Å². The van der Waals surface area contributed by atoms with Crippen LogP contribution in [0.4, 0.5) is 17.2 Å². The summed E-state index contributed by atoms with van der Waals surface area (Å²) in [6.07, 6.45) is 3.00. The van der Waals surface area contributed by atoms with Gasteiger partial charge in [0, 0.05) is 36.0 Å². The van der Waals surface area contributed by atoms with E-state index in [-0.39, 0.29) is 24.5 Å². The number of aromatic amines is 1. The Morgan fingerprint density at radius 2 is 1.72 bits per heavy atom. The maximum atomic E-state index is 13.0. The smallest absolute Gasteiger partial charge is 0.224 e. The lowest BCUT2D eigenvalue weighted by Crippen LogP contribution is -2.17. The molecule has 0 radical (unpaired) electrons. The van der Waals surface area contributed by atoms with Gasteiger partial charge in [0.1, 0.15) is 17.8 Å². The Hall–Kier alpha value is -4.53. The summed E-state index contributed by atoms with van der Waals surface area (Å²) in [4.78, 5) is 47.4. The average molecular weight is 428 g/mol. The Morgan fingerprint density at radius 1 is 0.938 bits per heavy atom. The van der Waals surface area contributed by atoms with E-state index in [0.29, 0.717) is 39.4 Å². The third kappa shape index (κ3) is 4.62. The average Bonchev–Trinajstić information content (AvgIpc) is 3.23. The molecule has 0 saturated heterocycles. The maximum Gasteiger partial charge on any atom is 0.224 e. The van der Waals surface area contributed by atoms with E-state index in [0.717, 1.165) is 0 Å². The normalized spacial score (nSPS) is 10.6. The van der Waals surface area contributed by atoms with Crippen LogP contribution in [-0.2, 0) is 9.59 Å². The number of nitrogens with two attached hydrogens (primary N) is 1. The van der Waals surface area contributed by atoms with Gasteiger partial charge >= 0.3 is 0 Å². The zero-order valence-corrected chi connectivity index (χ0v) is 17.0. The predicted molar refractivity (Wildman–Crippen MR) is 121 cm³/mol. The van der Waals surface area contributed by atoms with Crippen molar-refractivity contribution >= 4 is 45.8 Å². The van der Waals surface area contributed by atoms with Crippen LogP contribution in [-0.4, -0.2) is 32.5 Å². The molecule has 2 aromatic carbocycles. The van der Waals surface area contributed by atoms with Crippen LogP contribution in [0, 0.1) is 0 Å². The first kappa shape index (κ1) is 20.7. The SMILES string of the molecule is NC(=O)CCC(=O)Nc1cccc(Nc2ncnc3[nH]cc(C(=O)c4ccccc4)c23)c1. The standard InChI is InChI=1S/C23H20N6O3/c24-18(30)9-10-19(31)28-15-7-4-8-16(11-15)29-23-20-17(12-25-22(20)26-13-27-23)21(32)14-5-2-1-3-6-14/h1-8,11-13H,9-10H2,(H2,24,30)(H,28,31)(H2,25,26,27,29). The van der Waals surface area contributed by atoms with Gasteiger partial charge in [0.25, 0.3) is 0 Å². The molecule has 2 aromatic heterocycles. The van der Waals surface area contributed by atoms with Gasteiger partial charge in [-0.1, -0.05) is 36.4 Å². The number of anilines is 3. The molecule has 0 unspecified atom stereocenters. The lowest BCUT2D eigenvalue weighted by Gasteiger charge is -2.10. The first-order chi connectivity index (χ1) is 15.5. The molecule has 0 spiro atoms. The summed E-state index contributed by atoms with van der Waals surface area (Å²) < 4.78 is 0. The summed E-state index contributed by atoms with van der Waals surface area (Å²) in [5.41, 5.74) is 7.81. The van der Waals surface area contributed by atoms with Gasteiger partial charge in [-0.15, -0.1) is 0 Å². The number of nitrogens with one attached hydrogen (secondary N) is 3. The van der Waals surface area contributed by atoms with Crippen LogP contribution >= 0.6 is 0 Å². The van der Waals surface area contributed by atoms with Gasteiger partial charge in [-0.3, -0.25) is 14.4 Å². The van der Waals surface area contributed by atoms with Crippen LogP contribution in [0.2, 0.25) is 0 Å². The molecule has 2 amide bonds. The molecule has 4 aromatic rings. The fraction of sp³-hybridized carbons (Fsp3) is 0.0870. The Bertz CT molecular complexity index is 1300. The molecule has 9 heteroatoms. The lowest BCUT2D eigenvalue weighted by atomic mass is 10.0. The van der Waals surface area contributed by atoms with E-state index in [1.807, 2.05) is 6.07 Å². The zero-order valence-electron chi connectivity index (χ0n) is 17.0. The van der Waals surface area contributed by atoms with Gasteiger partial charge in [0.2, 0.25) is 11.8 Å². The Kier molecular flexibility index (Phi) is 5.89. The molecule has 32 heavy (non-hydrogen) atoms. The van der Waals surface area contributed by atoms with Gasteiger partial charge in [-0.2, -0.15) is 0 Å². The number of benzene rings is 2. The van der Waals surface area contributed by atoms with Crippen LogP contribution in [0.1, 0.15) is 28.8 Å². The zero-order chi connectivity index (χ0) is 22.5. The molecule has 4 rings (SSSR count). The molecule has 2 heterocycles. The first-order valence-electron chi connectivity index (χ1n) is 9.88. The number of aromatic nitrogens is 3. The van der Waals surface area contributed by atoms with E-state index in [1.54, 1.807) is 54.7 Å². The number of carbonyl (C=O) groups excluding carboxylic acids is 3. The van der Waals surface area contributed by atoms with Crippen molar-refractivity contribution in [3.63, 3.8) is 0 Å². The molecule has 0 bridgehead atoms. The summed E-state index contributed by atoms with van der Waals surface area (Å²) in [6, 6.07) is 16.0. The van der Waals surface area contributed by atoms with Crippen LogP contribution < -0.4 is 16.4 Å². The number of rotatable bonds is 8. The number of amides is 2. The van der Waals surface area contributed by atoms with Crippen LogP contribution in [0.15, 0.2) is 67.1 Å². The second-order valence-electron chi connectivity index (χ2n) is 7.06. The quantitative estimate of drug-likeness (QED) is 0.318. The largest absolute Gasteiger partial charge is 0.370 e. The Balaban J connectivity index is 1.60. The third-order valence-corrected chi connectivity index (χ3v) is 4.76. The van der Waals surface area contributed by atoms with Crippen LogP contribution in [0.5, 0.6) is 0 Å². The van der Waals surface area contributed by atoms with E-state index in [4.69, 9.17) is 5.73 Å². The van der Waals surface area contributed by atoms with Crippen molar-refractivity contribution in [3.8, 4) is 0 Å². The minimum absolute atomic E-state index is 0.00777. The summed E-state index contributed by atoms with van der Waals surface area (Å²) in [6.45, 7) is 0. The highest BCUT2D eigenvalue weighted by molar-refractivity contribution is 6.18. The van der Waals surface area contributed by atoms with Crippen molar-refractivity contribution in [2.24, 2.45) is 5.73 Å². The number of primary amides is 1. The van der Waals surface area contributed by atoms with Gasteiger partial charge in [-0.05, 0) is 18.2 Å². The minimum Gasteiger partial charge on any atom is -0.370 e. The number of hydrogen-bond donors (Lipinski definition) is 4. The van der Waals surface area contributed by atoms with Crippen LogP contribution in [0.25, 0.3) is 11.0 Å². The first-order valence-corrected chi connectivity index (χ1v) is 9.88. The van der Waals surface area contributed by atoms with Crippen molar-refractivity contribution < 1.29 is 14.4 Å². The molecule has 0 fully saturated rings. The molecular formula is C23H20N6O3. The second kappa shape index (κ2) is 9.09. The summed E-state index contributed by atoms with van der Waals surface area (Å²) >= 11 is 0. The van der Waals surface area contributed by atoms with Crippen molar-refractivity contribution in [2.75, 3.05) is 10.6 Å². The monoisotopic (exact) mass is 428 g/mol. The second-order valence-corrected chi connectivity index (χ2v) is 7.06. The molecule has 0 saturated carbocycles. The highest BCUT2D eigenvalue weighted by Gasteiger charge is 2.18. The molecule has 5 N–H and O–H groups in total. The van der Waals surface area contributed by atoms with Crippen molar-refractivity contribution in [1.29, 1.82) is 0 Å². The van der Waals surface area contributed by atoms with Gasteiger partial charge in [-0.25, -0.2) is 9.97 Å². The fourth-order valence-corrected chi connectivity index (χ4v) is 3.25. The highest BCUT2D eigenvalue weighted by atomic mass is 16.2. The molecule has 0 atom stereocenters. The van der Waals surface area contributed by atoms with E-state index < -0.39 is 5.91 Å². The van der Waals surface area contributed by atoms with Crippen molar-refractivity contribution in [3.05, 3.63) is 78.2 Å². The molecule has 0 aliphatic heterocycles. The number of nitrogens with zero attached hydrogens (tertiary/aromatic N) is 2. The van der Waals surface area contributed by atoms with E-state index >= 15 is 0 Å². The van der Waals surface area contributed by atoms with Crippen LogP contribution in [0.3, 0.4) is 0 Å². The number of H-pyrrole nitrogens is 1. The van der Waals surface area contributed by atoms with Gasteiger partial charge in [0.15, 0.2) is 5.78 Å². The summed E-state index contributed by atoms with van der Waals surface area (Å²) in [5.74, 6) is -0.541. The van der Waals surface area contributed by atoms with E-state index in [1.165, 1.54) is 6.33 Å². The number of fused-ring (bicyclic) bond motifs is 1. The fourth-order valence-electron chi connectivity index (χ4n) is 3.25. The van der Waals surface area contributed by atoms with Crippen molar-refractivity contribution in [1.82, 2.24) is 15.0 Å². The van der Waals surface area contributed by atoms with E-state index in [9.17, 15) is 14.4 Å². The highest BCUT2D eigenvalue weighted by Crippen LogP contribution is 2.28. The minimum atomic E-state index is -0.532. The predicted octanol–water partition coefficient (Wildman–Crippen LogP) is 3.14. The van der Waals surface area contributed by atoms with Gasteiger partial charge < -0.3 is 21.4 Å². The molecule has 9 nitrogen and oxygen atoms in total. The van der Waals surface area contributed by atoms with Crippen molar-refractivity contribution in [2.45, 2.75) is 12.8 Å². The molecular weight excluding hydrogens is 408 g/mol. The number of hydrogen-bond acceptors (Lipinski definition) is 6. The lowest BCUT2D eigenvalue weighted by molar-refractivity contribution is -0.122. The maximum absolute atomic E-state index is 13.0. The molecule has 0 aliphatic rings.